The molecule has 0 heterocycles. The van der Waals surface area contributed by atoms with Crippen molar-refractivity contribution in [3.63, 3.8) is 0 Å². The molecule has 0 amide bonds. The molecule has 0 aliphatic heterocycles. The normalized spacial score (nSPS) is 33.9. The van der Waals surface area contributed by atoms with Crippen LogP contribution < -0.4 is 0 Å². The van der Waals surface area contributed by atoms with Gasteiger partial charge in [-0.15, -0.1) is 0 Å². The van der Waals surface area contributed by atoms with E-state index in [2.05, 4.69) is 26.0 Å². The van der Waals surface area contributed by atoms with Gasteiger partial charge in [-0.2, -0.15) is 10.5 Å². The van der Waals surface area contributed by atoms with Crippen LogP contribution in [0.3, 0.4) is 0 Å². The van der Waals surface area contributed by atoms with Crippen LogP contribution in [0.4, 0.5) is 0 Å². The maximum Gasteiger partial charge on any atom is 0.0689 e. The van der Waals surface area contributed by atoms with Gasteiger partial charge in [0, 0.05) is 0 Å². The zero-order valence-corrected chi connectivity index (χ0v) is 25.6. The molecule has 3 rings (SSSR count). The lowest BCUT2D eigenvalue weighted by atomic mass is 9.60. The van der Waals surface area contributed by atoms with Crippen molar-refractivity contribution >= 4 is 0 Å². The average molecular weight is 523 g/mol. The molecule has 0 radical (unpaired) electrons. The van der Waals surface area contributed by atoms with Gasteiger partial charge in [0.15, 0.2) is 0 Å². The maximum absolute atomic E-state index is 10.2. The molecule has 3 aliphatic rings. The van der Waals surface area contributed by atoms with Gasteiger partial charge >= 0.3 is 0 Å². The third-order valence-corrected chi connectivity index (χ3v) is 11.6. The average Bonchev–Trinajstić information content (AvgIpc) is 2.97. The molecule has 0 aromatic rings. The Kier molecular flexibility index (Phi) is 14.0. The van der Waals surface area contributed by atoms with Crippen molar-refractivity contribution in [2.24, 2.45) is 34.5 Å². The second kappa shape index (κ2) is 16.9. The summed E-state index contributed by atoms with van der Waals surface area (Å²) in [5.74, 6) is 3.63. The van der Waals surface area contributed by atoms with Crippen LogP contribution in [-0.2, 0) is 0 Å². The van der Waals surface area contributed by atoms with Crippen LogP contribution in [0.2, 0.25) is 0 Å². The highest BCUT2D eigenvalue weighted by atomic mass is 14.5. The summed E-state index contributed by atoms with van der Waals surface area (Å²) in [4.78, 5) is 0. The first-order chi connectivity index (χ1) is 18.6. The van der Waals surface area contributed by atoms with Crippen LogP contribution in [0.15, 0.2) is 0 Å². The van der Waals surface area contributed by atoms with E-state index in [0.717, 1.165) is 62.2 Å². The van der Waals surface area contributed by atoms with E-state index in [4.69, 9.17) is 0 Å². The first kappa shape index (κ1) is 31.5. The van der Waals surface area contributed by atoms with Crippen molar-refractivity contribution in [3.8, 4) is 12.1 Å². The Morgan fingerprint density at radius 2 is 0.789 bits per heavy atom. The summed E-state index contributed by atoms with van der Waals surface area (Å²) in [6, 6.07) is 5.59. The molecule has 0 aromatic heterocycles. The third kappa shape index (κ3) is 10.2. The van der Waals surface area contributed by atoms with Crippen LogP contribution in [0.5, 0.6) is 0 Å². The van der Waals surface area contributed by atoms with Gasteiger partial charge in [-0.3, -0.25) is 0 Å². The molecule has 0 unspecified atom stereocenters. The number of rotatable bonds is 16. The van der Waals surface area contributed by atoms with Gasteiger partial charge in [0.1, 0.15) is 0 Å². The fourth-order valence-corrected chi connectivity index (χ4v) is 8.34. The highest BCUT2D eigenvalue weighted by molar-refractivity contribution is 5.10. The third-order valence-electron chi connectivity index (χ3n) is 11.6. The summed E-state index contributed by atoms with van der Waals surface area (Å²) in [6.07, 6.45) is 33.9. The Balaban J connectivity index is 1.34. The summed E-state index contributed by atoms with van der Waals surface area (Å²) in [5, 5.41) is 20.4. The minimum atomic E-state index is -0.146. The Hall–Kier alpha value is -1.02. The summed E-state index contributed by atoms with van der Waals surface area (Å²) < 4.78 is 0. The van der Waals surface area contributed by atoms with Crippen molar-refractivity contribution in [1.82, 2.24) is 0 Å². The largest absolute Gasteiger partial charge is 0.198 e. The topological polar surface area (TPSA) is 47.6 Å². The SMILES string of the molecule is CCCCCCC1CCC(CCC2(C#N)CCC(C#N)(CCC3CCC(CCCCCC)CC3)CC2)CC1. The molecule has 3 aliphatic carbocycles. The zero-order chi connectivity index (χ0) is 27.1. The van der Waals surface area contributed by atoms with E-state index in [1.54, 1.807) is 0 Å². The molecule has 0 spiro atoms. The molecule has 3 fully saturated rings. The number of nitriles is 2. The first-order valence-electron chi connectivity index (χ1n) is 17.4. The number of hydrogen-bond donors (Lipinski definition) is 0. The van der Waals surface area contributed by atoms with Crippen molar-refractivity contribution in [2.45, 2.75) is 181 Å². The number of unbranched alkanes of at least 4 members (excludes halogenated alkanes) is 6. The fourth-order valence-electron chi connectivity index (χ4n) is 8.34. The van der Waals surface area contributed by atoms with Crippen molar-refractivity contribution in [1.29, 1.82) is 10.5 Å². The van der Waals surface area contributed by atoms with Crippen molar-refractivity contribution < 1.29 is 0 Å². The smallest absolute Gasteiger partial charge is 0.0689 e. The van der Waals surface area contributed by atoms with Gasteiger partial charge in [-0.05, 0) is 75.0 Å². The first-order valence-corrected chi connectivity index (χ1v) is 17.4. The molecule has 0 N–H and O–H groups in total. The molecule has 0 saturated heterocycles. The monoisotopic (exact) mass is 522 g/mol. The van der Waals surface area contributed by atoms with E-state index in [1.807, 2.05) is 0 Å². The van der Waals surface area contributed by atoms with Crippen LogP contribution in [0.1, 0.15) is 181 Å². The molecular formula is C36H62N2. The lowest BCUT2D eigenvalue weighted by molar-refractivity contribution is 0.119. The van der Waals surface area contributed by atoms with E-state index in [9.17, 15) is 10.5 Å². The molecule has 38 heavy (non-hydrogen) atoms. The lowest BCUT2D eigenvalue weighted by Gasteiger charge is -2.41. The molecule has 3 saturated carbocycles. The van der Waals surface area contributed by atoms with Crippen molar-refractivity contribution in [2.75, 3.05) is 0 Å². The molecule has 2 nitrogen and oxygen atoms in total. The van der Waals surface area contributed by atoms with Gasteiger partial charge in [0.25, 0.3) is 0 Å². The van der Waals surface area contributed by atoms with Gasteiger partial charge in [0.2, 0.25) is 0 Å². The molecule has 216 valence electrons. The summed E-state index contributed by atoms with van der Waals surface area (Å²) >= 11 is 0. The van der Waals surface area contributed by atoms with Gasteiger partial charge in [-0.1, -0.05) is 129 Å². The van der Waals surface area contributed by atoms with Crippen molar-refractivity contribution in [3.05, 3.63) is 0 Å². The molecule has 0 bridgehead atoms. The highest BCUT2D eigenvalue weighted by Gasteiger charge is 2.43. The lowest BCUT2D eigenvalue weighted by Crippen LogP contribution is -2.34. The minimum Gasteiger partial charge on any atom is -0.198 e. The molecule has 0 atom stereocenters. The maximum atomic E-state index is 10.2. The number of nitrogens with zero attached hydrogens (tertiary/aromatic N) is 2. The van der Waals surface area contributed by atoms with E-state index in [1.165, 1.54) is 128 Å². The molecular weight excluding hydrogens is 460 g/mol. The standard InChI is InChI=1S/C36H62N2/c1-3-5-7-9-11-31-13-17-33(18-14-31)21-23-35(29-37)25-27-36(30-38,28-26-35)24-22-34-19-15-32(16-20-34)12-10-8-6-4-2/h31-34H,3-28H2,1-2H3. The minimum absolute atomic E-state index is 0.146. The van der Waals surface area contributed by atoms with Crippen LogP contribution in [0, 0.1) is 57.2 Å². The predicted octanol–water partition coefficient (Wildman–Crippen LogP) is 11.7. The van der Waals surface area contributed by atoms with Crippen LogP contribution >= 0.6 is 0 Å². The fraction of sp³-hybridized carbons (Fsp3) is 0.944. The Bertz CT molecular complexity index is 641. The van der Waals surface area contributed by atoms with Gasteiger partial charge in [0.05, 0.1) is 23.0 Å². The summed E-state index contributed by atoms with van der Waals surface area (Å²) in [6.45, 7) is 4.60. The Morgan fingerprint density at radius 3 is 1.08 bits per heavy atom. The van der Waals surface area contributed by atoms with E-state index in [-0.39, 0.29) is 10.8 Å². The molecule has 0 aromatic carbocycles. The van der Waals surface area contributed by atoms with Crippen LogP contribution in [-0.4, -0.2) is 0 Å². The second-order valence-corrected chi connectivity index (χ2v) is 14.3. The predicted molar refractivity (Wildman–Crippen MR) is 161 cm³/mol. The van der Waals surface area contributed by atoms with E-state index < -0.39 is 0 Å². The Morgan fingerprint density at radius 1 is 0.474 bits per heavy atom. The quantitative estimate of drug-likeness (QED) is 0.189. The zero-order valence-electron chi connectivity index (χ0n) is 25.6. The Labute approximate surface area is 237 Å². The summed E-state index contributed by atoms with van der Waals surface area (Å²) in [7, 11) is 0. The van der Waals surface area contributed by atoms with Gasteiger partial charge in [-0.25, -0.2) is 0 Å². The van der Waals surface area contributed by atoms with Gasteiger partial charge < -0.3 is 0 Å². The summed E-state index contributed by atoms with van der Waals surface area (Å²) in [5.41, 5.74) is -0.291. The van der Waals surface area contributed by atoms with E-state index in [0.29, 0.717) is 0 Å². The van der Waals surface area contributed by atoms with E-state index >= 15 is 0 Å². The van der Waals surface area contributed by atoms with Crippen LogP contribution in [0.25, 0.3) is 0 Å². The highest BCUT2D eigenvalue weighted by Crippen LogP contribution is 2.51. The molecule has 2 heteroatoms. The number of hydrogen-bond acceptors (Lipinski definition) is 2. The second-order valence-electron chi connectivity index (χ2n) is 14.3.